The van der Waals surface area contributed by atoms with Crippen LogP contribution < -0.4 is 0 Å². The predicted octanol–water partition coefficient (Wildman–Crippen LogP) is 2.08. The van der Waals surface area contributed by atoms with Crippen LogP contribution in [-0.4, -0.2) is 28.4 Å². The van der Waals surface area contributed by atoms with Gasteiger partial charge in [0.2, 0.25) is 0 Å². The maximum absolute atomic E-state index is 11.5. The van der Waals surface area contributed by atoms with E-state index in [0.29, 0.717) is 17.1 Å². The molecule has 4 heteroatoms. The highest BCUT2D eigenvalue weighted by atomic mass is 32.2. The average molecular weight is 224 g/mol. The molecule has 80 valence electrons. The molecule has 0 atom stereocenters. The number of Topliss-reactive ketones (excluding diaryl/α,β-unsaturated/α-hetero) is 1. The fraction of sp³-hybridized carbons (Fsp3) is 0.273. The van der Waals surface area contributed by atoms with E-state index >= 15 is 0 Å². The van der Waals surface area contributed by atoms with Crippen molar-refractivity contribution in [2.45, 2.75) is 6.42 Å². The molecule has 0 heterocycles. The molecule has 0 aliphatic rings. The van der Waals surface area contributed by atoms with Gasteiger partial charge in [0.05, 0.1) is 12.2 Å². The van der Waals surface area contributed by atoms with Crippen molar-refractivity contribution >= 4 is 23.5 Å². The predicted molar refractivity (Wildman–Crippen MR) is 60.4 cm³/mol. The van der Waals surface area contributed by atoms with Crippen LogP contribution in [0.2, 0.25) is 0 Å². The van der Waals surface area contributed by atoms with Gasteiger partial charge in [-0.15, -0.1) is 0 Å². The molecule has 0 unspecified atom stereocenters. The van der Waals surface area contributed by atoms with Crippen LogP contribution in [0.3, 0.4) is 0 Å². The van der Waals surface area contributed by atoms with E-state index in [0.717, 1.165) is 0 Å². The van der Waals surface area contributed by atoms with Crippen molar-refractivity contribution in [1.29, 1.82) is 0 Å². The van der Waals surface area contributed by atoms with E-state index in [1.165, 1.54) is 11.8 Å². The molecule has 3 nitrogen and oxygen atoms in total. The second-order valence-corrected chi connectivity index (χ2v) is 4.09. The van der Waals surface area contributed by atoms with Crippen LogP contribution in [0.5, 0.6) is 0 Å². The van der Waals surface area contributed by atoms with Crippen LogP contribution in [0.15, 0.2) is 30.3 Å². The lowest BCUT2D eigenvalue weighted by Crippen LogP contribution is -2.04. The lowest BCUT2D eigenvalue weighted by Gasteiger charge is -1.99. The molecule has 15 heavy (non-hydrogen) atoms. The zero-order chi connectivity index (χ0) is 11.1. The number of hydrogen-bond acceptors (Lipinski definition) is 3. The van der Waals surface area contributed by atoms with Crippen LogP contribution in [0, 0.1) is 0 Å². The van der Waals surface area contributed by atoms with Crippen molar-refractivity contribution in [3.05, 3.63) is 35.9 Å². The summed E-state index contributed by atoms with van der Waals surface area (Å²) < 4.78 is 0. The van der Waals surface area contributed by atoms with E-state index in [4.69, 9.17) is 5.11 Å². The number of ketones is 1. The van der Waals surface area contributed by atoms with Gasteiger partial charge in [-0.1, -0.05) is 30.3 Å². The molecule has 0 bridgehead atoms. The Labute approximate surface area is 92.5 Å². The molecule has 0 amide bonds. The zero-order valence-corrected chi connectivity index (χ0v) is 9.00. The van der Waals surface area contributed by atoms with Gasteiger partial charge in [-0.05, 0) is 0 Å². The number of carbonyl (C=O) groups is 2. The summed E-state index contributed by atoms with van der Waals surface area (Å²) in [5, 5.41) is 8.40. The van der Waals surface area contributed by atoms with Gasteiger partial charge in [-0.3, -0.25) is 9.59 Å². The van der Waals surface area contributed by atoms with E-state index in [1.807, 2.05) is 18.2 Å². The van der Waals surface area contributed by atoms with Gasteiger partial charge >= 0.3 is 5.97 Å². The summed E-state index contributed by atoms with van der Waals surface area (Å²) in [6, 6.07) is 9.01. The summed E-state index contributed by atoms with van der Waals surface area (Å²) in [5.74, 6) is 0.0474. The highest BCUT2D eigenvalue weighted by Crippen LogP contribution is 2.08. The van der Waals surface area contributed by atoms with E-state index in [1.54, 1.807) is 12.1 Å². The number of carbonyl (C=O) groups excluding carboxylic acids is 1. The molecule has 0 aliphatic heterocycles. The molecule has 0 radical (unpaired) electrons. The third-order valence-corrected chi connectivity index (χ3v) is 2.75. The number of hydrogen-bond donors (Lipinski definition) is 1. The third kappa shape index (κ3) is 4.65. The maximum Gasteiger partial charge on any atom is 0.304 e. The Morgan fingerprint density at radius 1 is 1.20 bits per heavy atom. The van der Waals surface area contributed by atoms with Crippen molar-refractivity contribution in [3.63, 3.8) is 0 Å². The highest BCUT2D eigenvalue weighted by molar-refractivity contribution is 8.00. The fourth-order valence-electron chi connectivity index (χ4n) is 1.03. The second-order valence-electron chi connectivity index (χ2n) is 2.99. The Kier molecular flexibility index (Phi) is 4.90. The van der Waals surface area contributed by atoms with Crippen molar-refractivity contribution in [2.75, 3.05) is 11.5 Å². The molecule has 1 aromatic carbocycles. The Bertz CT molecular complexity index is 335. The monoisotopic (exact) mass is 224 g/mol. The zero-order valence-electron chi connectivity index (χ0n) is 8.18. The van der Waals surface area contributed by atoms with Gasteiger partial charge in [-0.2, -0.15) is 11.8 Å². The maximum atomic E-state index is 11.5. The first-order valence-electron chi connectivity index (χ1n) is 4.58. The summed E-state index contributed by atoms with van der Waals surface area (Å²) in [6.45, 7) is 0. The average Bonchev–Trinajstić information content (AvgIpc) is 2.25. The molecular formula is C11H12O3S. The highest BCUT2D eigenvalue weighted by Gasteiger charge is 2.05. The minimum absolute atomic E-state index is 0.0472. The number of thioether (sulfide) groups is 1. The molecule has 0 aromatic heterocycles. The van der Waals surface area contributed by atoms with E-state index < -0.39 is 5.97 Å². The van der Waals surface area contributed by atoms with Crippen LogP contribution >= 0.6 is 11.8 Å². The topological polar surface area (TPSA) is 54.4 Å². The standard InChI is InChI=1S/C11H12O3S/c12-10(8-15-7-6-11(13)14)9-4-2-1-3-5-9/h1-5H,6-8H2,(H,13,14). The Morgan fingerprint density at radius 3 is 2.47 bits per heavy atom. The molecule has 1 N–H and O–H groups in total. The van der Waals surface area contributed by atoms with Crippen molar-refractivity contribution in [3.8, 4) is 0 Å². The lowest BCUT2D eigenvalue weighted by atomic mass is 10.2. The fourth-order valence-corrected chi connectivity index (χ4v) is 1.85. The lowest BCUT2D eigenvalue weighted by molar-refractivity contribution is -0.136. The Morgan fingerprint density at radius 2 is 1.87 bits per heavy atom. The van der Waals surface area contributed by atoms with Crippen LogP contribution in [0.25, 0.3) is 0 Å². The quantitative estimate of drug-likeness (QED) is 0.593. The van der Waals surface area contributed by atoms with Crippen molar-refractivity contribution < 1.29 is 14.7 Å². The molecule has 0 spiro atoms. The summed E-state index contributed by atoms with van der Waals surface area (Å²) >= 11 is 1.35. The first kappa shape index (κ1) is 11.8. The smallest absolute Gasteiger partial charge is 0.304 e. The number of carboxylic acid groups (broad SMARTS) is 1. The summed E-state index contributed by atoms with van der Waals surface area (Å²) in [6.07, 6.45) is 0.104. The molecule has 1 aromatic rings. The summed E-state index contributed by atoms with van der Waals surface area (Å²) in [4.78, 5) is 21.7. The van der Waals surface area contributed by atoms with E-state index in [9.17, 15) is 9.59 Å². The number of rotatable bonds is 6. The van der Waals surface area contributed by atoms with Crippen LogP contribution in [0.4, 0.5) is 0 Å². The number of benzene rings is 1. The van der Waals surface area contributed by atoms with Crippen molar-refractivity contribution in [1.82, 2.24) is 0 Å². The first-order chi connectivity index (χ1) is 7.20. The Hall–Kier alpha value is -1.29. The Balaban J connectivity index is 2.28. The number of aliphatic carboxylic acids is 1. The molecular weight excluding hydrogens is 212 g/mol. The number of carboxylic acids is 1. The van der Waals surface area contributed by atoms with E-state index in [2.05, 4.69) is 0 Å². The van der Waals surface area contributed by atoms with Gasteiger partial charge in [0.25, 0.3) is 0 Å². The SMILES string of the molecule is O=C(O)CCSCC(=O)c1ccccc1. The van der Waals surface area contributed by atoms with Gasteiger partial charge in [0.15, 0.2) is 5.78 Å². The molecule has 1 rings (SSSR count). The second kappa shape index (κ2) is 6.24. The molecule has 0 saturated heterocycles. The van der Waals surface area contributed by atoms with Gasteiger partial charge < -0.3 is 5.11 Å². The van der Waals surface area contributed by atoms with Crippen molar-refractivity contribution in [2.24, 2.45) is 0 Å². The molecule has 0 saturated carbocycles. The van der Waals surface area contributed by atoms with Crippen LogP contribution in [0.1, 0.15) is 16.8 Å². The van der Waals surface area contributed by atoms with Gasteiger partial charge in [0, 0.05) is 11.3 Å². The van der Waals surface area contributed by atoms with E-state index in [-0.39, 0.29) is 12.2 Å². The first-order valence-corrected chi connectivity index (χ1v) is 5.73. The van der Waals surface area contributed by atoms with Gasteiger partial charge in [0.1, 0.15) is 0 Å². The minimum Gasteiger partial charge on any atom is -0.481 e. The summed E-state index contributed by atoms with van der Waals surface area (Å²) in [5.41, 5.74) is 0.681. The summed E-state index contributed by atoms with van der Waals surface area (Å²) in [7, 11) is 0. The molecule has 0 aliphatic carbocycles. The largest absolute Gasteiger partial charge is 0.481 e. The minimum atomic E-state index is -0.824. The van der Waals surface area contributed by atoms with Crippen LogP contribution in [-0.2, 0) is 4.79 Å². The van der Waals surface area contributed by atoms with Gasteiger partial charge in [-0.25, -0.2) is 0 Å². The molecule has 0 fully saturated rings. The third-order valence-electron chi connectivity index (χ3n) is 1.79. The normalized spacial score (nSPS) is 9.87.